The lowest BCUT2D eigenvalue weighted by Gasteiger charge is -2.16. The number of carbonyl (C=O) groups excluding carboxylic acids is 1. The Morgan fingerprint density at radius 1 is 0.912 bits per heavy atom. The molecule has 1 atom stereocenters. The first kappa shape index (κ1) is 20.7. The van der Waals surface area contributed by atoms with Gasteiger partial charge in [0.1, 0.15) is 5.82 Å². The van der Waals surface area contributed by atoms with Gasteiger partial charge in [0.2, 0.25) is 5.91 Å². The summed E-state index contributed by atoms with van der Waals surface area (Å²) in [5, 5.41) is 13.9. The predicted octanol–water partition coefficient (Wildman–Crippen LogP) is 3.42. The van der Waals surface area contributed by atoms with E-state index in [9.17, 15) is 9.59 Å². The highest BCUT2D eigenvalue weighted by Gasteiger charge is 2.36. The molecule has 2 N–H and O–H groups in total. The van der Waals surface area contributed by atoms with Crippen molar-refractivity contribution in [3.8, 4) is 28.1 Å². The van der Waals surface area contributed by atoms with E-state index in [1.54, 1.807) is 10.8 Å². The normalized spacial score (nSPS) is 17.9. The number of likely N-dealkylation sites (tertiary alicyclic amines) is 1. The lowest BCUT2D eigenvalue weighted by molar-refractivity contribution is -0.131. The van der Waals surface area contributed by atoms with E-state index >= 15 is 0 Å². The van der Waals surface area contributed by atoms with E-state index in [4.69, 9.17) is 0 Å². The molecule has 1 aliphatic heterocycles. The van der Waals surface area contributed by atoms with Gasteiger partial charge in [0, 0.05) is 31.6 Å². The number of aromatic amines is 2. The summed E-state index contributed by atoms with van der Waals surface area (Å²) in [7, 11) is 0. The molecule has 0 radical (unpaired) electrons. The number of benzene rings is 2. The van der Waals surface area contributed by atoms with Gasteiger partial charge in [-0.15, -0.1) is 0 Å². The van der Waals surface area contributed by atoms with Gasteiger partial charge in [0.15, 0.2) is 0 Å². The minimum Gasteiger partial charge on any atom is -0.342 e. The fraction of sp³-hybridized carbons (Fsp3) is 0.308. The highest BCUT2D eigenvalue weighted by molar-refractivity contribution is 5.81. The SMILES string of the molecule is O=C(C1CC1)N1CC[C@@H](Cc2n[nH]c(=O)n2-c2ccc(-c3ccc(-c4ccn[nH]4)cc3)cc2)C1. The number of aromatic nitrogens is 5. The summed E-state index contributed by atoms with van der Waals surface area (Å²) in [4.78, 5) is 26.9. The van der Waals surface area contributed by atoms with Crippen LogP contribution in [0.2, 0.25) is 0 Å². The first-order valence-electron chi connectivity index (χ1n) is 11.8. The molecule has 0 spiro atoms. The van der Waals surface area contributed by atoms with Gasteiger partial charge < -0.3 is 4.90 Å². The fourth-order valence-electron chi connectivity index (χ4n) is 4.84. The summed E-state index contributed by atoms with van der Waals surface area (Å²) in [5.74, 6) is 1.59. The Bertz CT molecular complexity index is 1350. The number of amides is 1. The molecule has 8 nitrogen and oxygen atoms in total. The molecule has 1 saturated heterocycles. The predicted molar refractivity (Wildman–Crippen MR) is 128 cm³/mol. The number of nitrogens with zero attached hydrogens (tertiary/aromatic N) is 4. The second kappa shape index (κ2) is 8.44. The van der Waals surface area contributed by atoms with Gasteiger partial charge in [-0.05, 0) is 60.1 Å². The second-order valence-electron chi connectivity index (χ2n) is 9.29. The third-order valence-electron chi connectivity index (χ3n) is 6.89. The average Bonchev–Trinajstić information content (AvgIpc) is 3.22. The van der Waals surface area contributed by atoms with Crippen LogP contribution in [0.1, 0.15) is 25.1 Å². The van der Waals surface area contributed by atoms with Crippen molar-refractivity contribution in [3.63, 3.8) is 0 Å². The fourth-order valence-corrected chi connectivity index (χ4v) is 4.84. The van der Waals surface area contributed by atoms with Gasteiger partial charge in [0.25, 0.3) is 0 Å². The second-order valence-corrected chi connectivity index (χ2v) is 9.29. The van der Waals surface area contributed by atoms with Crippen LogP contribution in [-0.4, -0.2) is 48.9 Å². The van der Waals surface area contributed by atoms with Crippen molar-refractivity contribution in [1.82, 2.24) is 29.9 Å². The van der Waals surface area contributed by atoms with Crippen LogP contribution in [0.25, 0.3) is 28.1 Å². The van der Waals surface area contributed by atoms with Crippen LogP contribution in [0.5, 0.6) is 0 Å². The smallest absolute Gasteiger partial charge is 0.342 e. The molecule has 6 rings (SSSR count). The topological polar surface area (TPSA) is 99.7 Å². The van der Waals surface area contributed by atoms with Crippen molar-refractivity contribution < 1.29 is 4.79 Å². The maximum atomic E-state index is 12.6. The molecule has 172 valence electrons. The van der Waals surface area contributed by atoms with Gasteiger partial charge in [-0.2, -0.15) is 10.2 Å². The molecule has 34 heavy (non-hydrogen) atoms. The number of hydrogen-bond acceptors (Lipinski definition) is 4. The Balaban J connectivity index is 1.18. The maximum Gasteiger partial charge on any atom is 0.347 e. The molecule has 1 saturated carbocycles. The van der Waals surface area contributed by atoms with Gasteiger partial charge in [-0.1, -0.05) is 36.4 Å². The van der Waals surface area contributed by atoms with E-state index in [1.165, 1.54) is 0 Å². The minimum atomic E-state index is -0.240. The summed E-state index contributed by atoms with van der Waals surface area (Å²) in [5.41, 5.74) is 4.78. The zero-order valence-corrected chi connectivity index (χ0v) is 18.8. The number of nitrogens with one attached hydrogen (secondary N) is 2. The third-order valence-corrected chi connectivity index (χ3v) is 6.89. The van der Waals surface area contributed by atoms with E-state index in [-0.39, 0.29) is 11.6 Å². The zero-order valence-electron chi connectivity index (χ0n) is 18.8. The number of rotatable bonds is 6. The van der Waals surface area contributed by atoms with Crippen LogP contribution in [-0.2, 0) is 11.2 Å². The zero-order chi connectivity index (χ0) is 23.1. The minimum absolute atomic E-state index is 0.240. The molecule has 2 aliphatic rings. The van der Waals surface area contributed by atoms with Crippen molar-refractivity contribution >= 4 is 5.91 Å². The first-order valence-corrected chi connectivity index (χ1v) is 11.8. The molecule has 0 bridgehead atoms. The summed E-state index contributed by atoms with van der Waals surface area (Å²) in [6, 6.07) is 18.2. The van der Waals surface area contributed by atoms with E-state index in [2.05, 4.69) is 44.7 Å². The van der Waals surface area contributed by atoms with E-state index in [0.717, 1.165) is 60.4 Å². The lowest BCUT2D eigenvalue weighted by atomic mass is 10.0. The van der Waals surface area contributed by atoms with Crippen molar-refractivity contribution in [2.45, 2.75) is 25.7 Å². The molecule has 1 aliphatic carbocycles. The van der Waals surface area contributed by atoms with Crippen molar-refractivity contribution in [2.75, 3.05) is 13.1 Å². The molecule has 3 heterocycles. The molecular formula is C26H26N6O2. The number of hydrogen-bond donors (Lipinski definition) is 2. The Hall–Kier alpha value is -3.94. The van der Waals surface area contributed by atoms with Crippen LogP contribution >= 0.6 is 0 Å². The lowest BCUT2D eigenvalue weighted by Crippen LogP contribution is -2.30. The van der Waals surface area contributed by atoms with Crippen molar-refractivity contribution in [2.24, 2.45) is 11.8 Å². The van der Waals surface area contributed by atoms with Crippen LogP contribution < -0.4 is 5.69 Å². The van der Waals surface area contributed by atoms with Crippen LogP contribution in [0.15, 0.2) is 65.6 Å². The molecule has 1 amide bonds. The van der Waals surface area contributed by atoms with Gasteiger partial charge >= 0.3 is 5.69 Å². The summed E-state index contributed by atoms with van der Waals surface area (Å²) < 4.78 is 1.65. The van der Waals surface area contributed by atoms with Crippen molar-refractivity contribution in [3.05, 3.63) is 77.1 Å². The maximum absolute atomic E-state index is 12.6. The van der Waals surface area contributed by atoms with E-state index in [1.807, 2.05) is 35.2 Å². The van der Waals surface area contributed by atoms with Crippen molar-refractivity contribution in [1.29, 1.82) is 0 Å². The van der Waals surface area contributed by atoms with E-state index < -0.39 is 0 Å². The molecular weight excluding hydrogens is 428 g/mol. The summed E-state index contributed by atoms with van der Waals surface area (Å²) in [6.45, 7) is 1.56. The third kappa shape index (κ3) is 3.96. The van der Waals surface area contributed by atoms with Gasteiger partial charge in [-0.3, -0.25) is 9.89 Å². The molecule has 8 heteroatoms. The quantitative estimate of drug-likeness (QED) is 0.466. The molecule has 2 aromatic heterocycles. The average molecular weight is 455 g/mol. The van der Waals surface area contributed by atoms with Crippen LogP contribution in [0.3, 0.4) is 0 Å². The molecule has 2 fully saturated rings. The Kier molecular flexibility index (Phi) is 5.13. The number of H-pyrrole nitrogens is 2. The van der Waals surface area contributed by atoms with Crippen LogP contribution in [0.4, 0.5) is 0 Å². The highest BCUT2D eigenvalue weighted by Crippen LogP contribution is 2.33. The van der Waals surface area contributed by atoms with Crippen LogP contribution in [0, 0.1) is 11.8 Å². The van der Waals surface area contributed by atoms with Gasteiger partial charge in [-0.25, -0.2) is 14.5 Å². The molecule has 2 aromatic carbocycles. The summed E-state index contributed by atoms with van der Waals surface area (Å²) >= 11 is 0. The monoisotopic (exact) mass is 454 g/mol. The first-order chi connectivity index (χ1) is 16.7. The molecule has 0 unspecified atom stereocenters. The van der Waals surface area contributed by atoms with E-state index in [0.29, 0.717) is 24.1 Å². The number of carbonyl (C=O) groups is 1. The van der Waals surface area contributed by atoms with Gasteiger partial charge in [0.05, 0.1) is 11.4 Å². The largest absolute Gasteiger partial charge is 0.347 e. The Morgan fingerprint density at radius 2 is 1.62 bits per heavy atom. The molecule has 4 aromatic rings. The Labute approximate surface area is 196 Å². The standard InChI is InChI=1S/C26H26N6O2/c33-25(21-5-6-21)31-14-12-17(16-31)15-24-29-30-26(34)32(24)22-9-7-19(8-10-22)18-1-3-20(4-2-18)23-11-13-27-28-23/h1-4,7-11,13,17,21H,5-6,12,14-16H2,(H,27,28)(H,30,34)/t17-/m0/s1. The highest BCUT2D eigenvalue weighted by atomic mass is 16.2. The summed E-state index contributed by atoms with van der Waals surface area (Å²) in [6.07, 6.45) is 5.42. The Morgan fingerprint density at radius 3 is 2.29 bits per heavy atom.